The van der Waals surface area contributed by atoms with Crippen LogP contribution >= 0.6 is 136 Å². The van der Waals surface area contributed by atoms with Crippen LogP contribution in [-0.2, 0) is 64.4 Å². The second kappa shape index (κ2) is 43.5. The number of benzene rings is 8. The first kappa shape index (κ1) is 101. The normalized spacial score (nSPS) is 12.5. The predicted molar refractivity (Wildman–Crippen MR) is 504 cm³/mol. The van der Waals surface area contributed by atoms with Crippen LogP contribution in [-0.4, -0.2) is 167 Å². The Morgan fingerprint density at radius 3 is 0.952 bits per heavy atom. The molecule has 0 spiro atoms. The number of phenols is 4. The van der Waals surface area contributed by atoms with Crippen molar-refractivity contribution in [3.63, 3.8) is 0 Å². The van der Waals surface area contributed by atoms with E-state index in [0.29, 0.717) is 10.0 Å². The van der Waals surface area contributed by atoms with E-state index in [4.69, 9.17) is 76.8 Å². The number of carbonyl (C=O) groups excluding carboxylic acids is 4. The number of amides is 4. The first-order valence-electron chi connectivity index (χ1n) is 35.1. The Labute approximate surface area is 779 Å². The standard InChI is InChI=1S/C74H72Br4Cl2N16O21S8/c1-73(2,33-81-69(118)87-47-17-9-37(53(27-47)122(105,106)107)5-7-39-11-19-49(29-55(39)124(111,112)113)89-71(120)95-93-67(103)59(85-45-21-13-43(79)14-22-45)65(101)91-83-31-41-25-51(75)63(99)57(77)61(41)97)35-117-36-74(3,4)34-82-70(119)88-48-18-10-38(54(28-48)123(108,109)110)6-8-40-12-20-50(30-56(40)125(114,115)116)90-72(121)96-94-68(104)60(86-46-23-15-44(80)16-24-46)66(102)92-84-32-42-26-52(76)64(100)58(78)62(42)98/h5-32,59-60,85-86,97-100H,33-36H2,1-4H3,(H,91,101)(H,92,102)(H,93,103)(H,94,104)(H2,81,87,118)(H2,82,88,119)(H2,89,95,120)(H2,90,96,121)(H,105,106,107)(H,108,109,110)(H,111,112,113)(H,114,115,116)/b7-5+,8-6+,83-31+,84-32+. The van der Waals surface area contributed by atoms with E-state index < -0.39 is 118 Å². The number of nitrogens with zero attached hydrogens (tertiary/aromatic N) is 2. The number of ether oxygens (including phenoxy) is 1. The third-order valence-corrected chi connectivity index (χ3v) is 24.4. The van der Waals surface area contributed by atoms with E-state index in [2.05, 4.69) is 149 Å². The fourth-order valence-corrected chi connectivity index (χ4v) is 16.6. The Morgan fingerprint density at radius 1 is 0.400 bits per heavy atom. The molecule has 8 aromatic carbocycles. The van der Waals surface area contributed by atoms with Crippen LogP contribution in [0.15, 0.2) is 181 Å². The number of halogens is 6. The van der Waals surface area contributed by atoms with Gasteiger partial charge < -0.3 is 67.7 Å². The van der Waals surface area contributed by atoms with Crippen molar-refractivity contribution in [2.75, 3.05) is 58.2 Å². The second-order valence-electron chi connectivity index (χ2n) is 27.7. The molecule has 0 fully saturated rings. The molecule has 0 bridgehead atoms. The fraction of sp³-hybridized carbons (Fsp3) is 0.162. The summed E-state index contributed by atoms with van der Waals surface area (Å²) in [6.45, 7) is 8.27. The van der Waals surface area contributed by atoms with Gasteiger partial charge in [-0.1, -0.05) is 99.5 Å². The third-order valence-electron chi connectivity index (χ3n) is 16.6. The number of phenolic OH excluding ortho intramolecular Hbond substituents is 4. The molecule has 0 aliphatic carbocycles. The van der Waals surface area contributed by atoms with Crippen molar-refractivity contribution in [1.29, 1.82) is 0 Å². The predicted octanol–water partition coefficient (Wildman–Crippen LogP) is 11.4. The van der Waals surface area contributed by atoms with Gasteiger partial charge in [0.25, 0.3) is 64.1 Å². The smallest absolute Gasteiger partial charge is 0.295 e. The molecule has 8 aromatic rings. The number of anilines is 6. The summed E-state index contributed by atoms with van der Waals surface area (Å²) in [5.74, 6) is -5.53. The minimum Gasteiger partial charge on any atom is -0.506 e. The number of carbonyl (C=O) groups is 4. The SMILES string of the molecule is CC(C)(CNC(=S)Nc1ccc(/C=C/c2ccc(NC(=S)NNC(=O)C(Nc3ccc(Cl)cc3)C(=O)N/N=C/c3cc(Br)c(O)c(Br)c3O)cc2S(=O)(=O)O)c(S(=O)(=O)O)c1)COCC(C)(C)CNC(=S)Nc1ccc(/C=C/c2ccc(NC(=S)NNC(=O)C(Nc3ccc(Cl)cc3)C(=O)N/N=C/c3cc(Br)c(O)c(Br)c3O)cc2S(=O)(=O)O)c(S(=O)(=O)O)c1. The highest BCUT2D eigenvalue weighted by molar-refractivity contribution is 9.11. The lowest BCUT2D eigenvalue weighted by Gasteiger charge is -2.30. The molecule has 2 unspecified atom stereocenters. The van der Waals surface area contributed by atoms with Gasteiger partial charge in [-0.2, -0.15) is 43.9 Å². The highest BCUT2D eigenvalue weighted by Gasteiger charge is 2.31. The molecule has 2 atom stereocenters. The molecule has 125 heavy (non-hydrogen) atoms. The maximum absolute atomic E-state index is 13.5. The van der Waals surface area contributed by atoms with Crippen molar-refractivity contribution in [2.45, 2.75) is 59.4 Å². The largest absolute Gasteiger partial charge is 0.506 e. The van der Waals surface area contributed by atoms with Gasteiger partial charge in [0.2, 0.25) is 0 Å². The van der Waals surface area contributed by atoms with Crippen molar-refractivity contribution in [3.8, 4) is 23.0 Å². The molecular formula is C74H72Br4Cl2N16O21S8. The van der Waals surface area contributed by atoms with E-state index in [1.807, 2.05) is 27.7 Å². The van der Waals surface area contributed by atoms with Crippen LogP contribution < -0.4 is 75.1 Å². The van der Waals surface area contributed by atoms with Gasteiger partial charge in [-0.25, -0.2) is 10.9 Å². The summed E-state index contributed by atoms with van der Waals surface area (Å²) in [4.78, 5) is 51.2. The van der Waals surface area contributed by atoms with Crippen molar-refractivity contribution >= 4 is 291 Å². The van der Waals surface area contributed by atoms with Crippen molar-refractivity contribution in [1.82, 2.24) is 43.2 Å². The zero-order chi connectivity index (χ0) is 92.4. The van der Waals surface area contributed by atoms with Crippen LogP contribution in [0.25, 0.3) is 24.3 Å². The lowest BCUT2D eigenvalue weighted by molar-refractivity contribution is -0.132. The number of hydrazone groups is 2. The monoisotopic (exact) mass is 2160 g/mol. The van der Waals surface area contributed by atoms with E-state index in [-0.39, 0.29) is 144 Å². The quantitative estimate of drug-likeness (QED) is 0.00465. The number of nitrogens with one attached hydrogen (secondary N) is 14. The fourth-order valence-electron chi connectivity index (χ4n) is 10.5. The maximum Gasteiger partial charge on any atom is 0.295 e. The zero-order valence-electron chi connectivity index (χ0n) is 64.5. The molecule has 0 saturated carbocycles. The lowest BCUT2D eigenvalue weighted by Crippen LogP contribution is -2.54. The number of hydrogen-bond acceptors (Lipinski definition) is 25. The lowest BCUT2D eigenvalue weighted by atomic mass is 9.93. The minimum atomic E-state index is -5.04. The van der Waals surface area contributed by atoms with Gasteiger partial charge >= 0.3 is 0 Å². The summed E-state index contributed by atoms with van der Waals surface area (Å²) < 4.78 is 150. The number of rotatable bonds is 32. The molecule has 0 heterocycles. The molecule has 8 rings (SSSR count). The van der Waals surface area contributed by atoms with Crippen molar-refractivity contribution in [2.24, 2.45) is 21.0 Å². The average molecular weight is 2170 g/mol. The van der Waals surface area contributed by atoms with Crippen LogP contribution in [0.1, 0.15) is 61.1 Å². The number of hydrogen-bond donors (Lipinski definition) is 22. The Bertz CT molecular complexity index is 5810. The van der Waals surface area contributed by atoms with Crippen LogP contribution in [0.4, 0.5) is 34.1 Å². The van der Waals surface area contributed by atoms with Gasteiger partial charge in [-0.05, 0) is 244 Å². The Balaban J connectivity index is 0.804. The van der Waals surface area contributed by atoms with Gasteiger partial charge in [-0.3, -0.25) is 59.1 Å². The summed E-state index contributed by atoms with van der Waals surface area (Å²) >= 11 is 46.1. The molecule has 37 nitrogen and oxygen atoms in total. The van der Waals surface area contributed by atoms with Crippen LogP contribution in [0.3, 0.4) is 0 Å². The van der Waals surface area contributed by atoms with E-state index in [0.717, 1.165) is 61.0 Å². The first-order chi connectivity index (χ1) is 58.3. The highest BCUT2D eigenvalue weighted by Crippen LogP contribution is 2.42. The van der Waals surface area contributed by atoms with Crippen LogP contribution in [0.5, 0.6) is 23.0 Å². The molecule has 0 aliphatic heterocycles. The highest BCUT2D eigenvalue weighted by atomic mass is 79.9. The average Bonchev–Trinajstić information content (AvgIpc) is 0.772. The van der Waals surface area contributed by atoms with Crippen molar-refractivity contribution in [3.05, 3.63) is 195 Å². The van der Waals surface area contributed by atoms with E-state index in [1.54, 1.807) is 0 Å². The molecule has 664 valence electrons. The Kier molecular flexibility index (Phi) is 35.0. The number of thiocarbonyl (C=S) groups is 4. The zero-order valence-corrected chi connectivity index (χ0v) is 78.8. The van der Waals surface area contributed by atoms with E-state index in [9.17, 15) is 91.5 Å². The second-order valence-corrected chi connectivity index (χ2v) is 39.1. The topological polar surface area (TPSA) is 569 Å². The molecule has 0 radical (unpaired) electrons. The van der Waals surface area contributed by atoms with Gasteiger partial charge in [0.15, 0.2) is 32.5 Å². The van der Waals surface area contributed by atoms with Gasteiger partial charge in [0.05, 0.1) is 34.6 Å². The van der Waals surface area contributed by atoms with Crippen molar-refractivity contribution < 1.29 is 96.2 Å². The van der Waals surface area contributed by atoms with Gasteiger partial charge in [0, 0.05) is 79.2 Å². The first-order valence-corrected chi connectivity index (χ1v) is 46.4. The molecule has 0 saturated heterocycles. The number of hydrazine groups is 2. The van der Waals surface area contributed by atoms with E-state index >= 15 is 0 Å². The van der Waals surface area contributed by atoms with E-state index in [1.165, 1.54) is 109 Å². The molecule has 0 aromatic heterocycles. The molecule has 4 amide bonds. The summed E-state index contributed by atoms with van der Waals surface area (Å²) in [5.41, 5.74) is 12.5. The number of aromatic hydroxyl groups is 4. The minimum absolute atomic E-state index is 0.0357. The summed E-state index contributed by atoms with van der Waals surface area (Å²) in [6, 6.07) is 25.5. The maximum atomic E-state index is 13.5. The van der Waals surface area contributed by atoms with Crippen LogP contribution in [0.2, 0.25) is 10.0 Å². The third kappa shape index (κ3) is 30.2. The van der Waals surface area contributed by atoms with Gasteiger partial charge in [0.1, 0.15) is 51.5 Å². The van der Waals surface area contributed by atoms with Gasteiger partial charge in [-0.15, -0.1) is 0 Å². The summed E-state index contributed by atoms with van der Waals surface area (Å²) in [5, 5.41) is 71.2. The molecule has 22 N–H and O–H groups in total. The van der Waals surface area contributed by atoms with Crippen LogP contribution in [0, 0.1) is 10.8 Å². The molecule has 0 aliphatic rings. The Hall–Kier alpha value is -9.88. The molecular weight excluding hydrogens is 2100 g/mol. The summed E-state index contributed by atoms with van der Waals surface area (Å²) in [7, 11) is -20.0. The summed E-state index contributed by atoms with van der Waals surface area (Å²) in [6.07, 6.45) is 6.69. The molecule has 51 heteroatoms. The Morgan fingerprint density at radius 2 is 0.672 bits per heavy atom.